The van der Waals surface area contributed by atoms with Gasteiger partial charge in [-0.3, -0.25) is 9.79 Å². The van der Waals surface area contributed by atoms with E-state index in [1.165, 1.54) is 12.8 Å². The topological polar surface area (TPSA) is 32.7 Å². The number of aliphatic imine (C=N–C) groups is 1. The molecule has 3 aliphatic rings. The van der Waals surface area contributed by atoms with Crippen LogP contribution < -0.4 is 0 Å². The summed E-state index contributed by atoms with van der Waals surface area (Å²) in [5.41, 5.74) is 0. The molecule has 0 bridgehead atoms. The number of alkyl halides is 1. The lowest BCUT2D eigenvalue weighted by Gasteiger charge is -2.35. The Bertz CT molecular complexity index is 440. The molecule has 2 fully saturated rings. The summed E-state index contributed by atoms with van der Waals surface area (Å²) in [6.45, 7) is 5.16. The summed E-state index contributed by atoms with van der Waals surface area (Å²) in [6, 6.07) is 0.691. The van der Waals surface area contributed by atoms with Gasteiger partial charge in [-0.25, -0.2) is 4.39 Å². The van der Waals surface area contributed by atoms with Crippen molar-refractivity contribution in [1.82, 2.24) is 4.90 Å². The van der Waals surface area contributed by atoms with E-state index in [0.29, 0.717) is 18.9 Å². The van der Waals surface area contributed by atoms with Gasteiger partial charge in [0, 0.05) is 12.6 Å². The molecule has 0 aromatic heterocycles. The number of carbonyl (C=O) groups is 1. The predicted molar refractivity (Wildman–Crippen MR) is 82.3 cm³/mol. The molecule has 2 saturated carbocycles. The van der Waals surface area contributed by atoms with Crippen molar-refractivity contribution in [2.45, 2.75) is 57.8 Å². The Morgan fingerprint density at radius 2 is 1.95 bits per heavy atom. The van der Waals surface area contributed by atoms with Gasteiger partial charge in [-0.2, -0.15) is 0 Å². The maximum absolute atomic E-state index is 14.3. The van der Waals surface area contributed by atoms with E-state index >= 15 is 0 Å². The second-order valence-corrected chi connectivity index (χ2v) is 7.58. The molecule has 0 N–H and O–H groups in total. The second-order valence-electron chi connectivity index (χ2n) is 7.21. The average Bonchev–Trinajstić information content (AvgIpc) is 3.16. The lowest BCUT2D eigenvalue weighted by atomic mass is 9.87. The second kappa shape index (κ2) is 5.86. The molecule has 1 heterocycles. The van der Waals surface area contributed by atoms with E-state index in [-0.39, 0.29) is 17.9 Å². The van der Waals surface area contributed by atoms with Gasteiger partial charge < -0.3 is 4.90 Å². The normalized spacial score (nSPS) is 43.9. The Hall–Kier alpha value is -0.640. The molecular weight excluding hydrogens is 291 g/mol. The quantitative estimate of drug-likeness (QED) is 0.591. The molecule has 1 aliphatic heterocycles. The summed E-state index contributed by atoms with van der Waals surface area (Å²) in [6.07, 6.45) is 4.39. The lowest BCUT2D eigenvalue weighted by molar-refractivity contribution is -0.117. The molecule has 0 aromatic rings. The van der Waals surface area contributed by atoms with Crippen LogP contribution in [0.2, 0.25) is 0 Å². The van der Waals surface area contributed by atoms with Crippen LogP contribution in [0.25, 0.3) is 0 Å². The molecule has 2 aliphatic carbocycles. The third-order valence-electron chi connectivity index (χ3n) is 5.47. The van der Waals surface area contributed by atoms with Gasteiger partial charge in [-0.1, -0.05) is 13.8 Å². The minimum Gasteiger partial charge on any atom is -0.357 e. The molecule has 118 valence electrons. The molecule has 5 heteroatoms. The Kier molecular flexibility index (Phi) is 4.26. The van der Waals surface area contributed by atoms with Crippen LogP contribution in [-0.4, -0.2) is 41.3 Å². The highest BCUT2D eigenvalue weighted by Crippen LogP contribution is 2.40. The minimum absolute atomic E-state index is 0.209. The number of halogens is 2. The highest BCUT2D eigenvalue weighted by Gasteiger charge is 2.43. The van der Waals surface area contributed by atoms with Crippen LogP contribution in [-0.2, 0) is 4.79 Å². The van der Waals surface area contributed by atoms with E-state index < -0.39 is 17.3 Å². The maximum Gasteiger partial charge on any atom is 0.227 e. The van der Waals surface area contributed by atoms with Gasteiger partial charge in [0.05, 0.1) is 18.3 Å². The van der Waals surface area contributed by atoms with E-state index in [1.54, 1.807) is 0 Å². The SMILES string of the molecule is CC1CC(F)C(C(=O)Cl)CC(C)C1N1C=NC(C2CC2)C1. The van der Waals surface area contributed by atoms with Crippen LogP contribution in [0, 0.1) is 23.7 Å². The van der Waals surface area contributed by atoms with Crippen molar-refractivity contribution in [3.05, 3.63) is 0 Å². The molecule has 3 rings (SSSR count). The van der Waals surface area contributed by atoms with Gasteiger partial charge in [0.2, 0.25) is 5.24 Å². The molecule has 0 amide bonds. The summed E-state index contributed by atoms with van der Waals surface area (Å²) < 4.78 is 14.3. The summed E-state index contributed by atoms with van der Waals surface area (Å²) in [5.74, 6) is 0.569. The number of rotatable bonds is 3. The van der Waals surface area contributed by atoms with E-state index in [0.717, 1.165) is 12.5 Å². The van der Waals surface area contributed by atoms with E-state index in [9.17, 15) is 9.18 Å². The molecular formula is C16H24ClFN2O. The lowest BCUT2D eigenvalue weighted by Crippen LogP contribution is -2.43. The summed E-state index contributed by atoms with van der Waals surface area (Å²) in [7, 11) is 0. The fourth-order valence-electron chi connectivity index (χ4n) is 4.23. The molecule has 0 aromatic carbocycles. The molecule has 6 atom stereocenters. The minimum atomic E-state index is -1.11. The fourth-order valence-corrected chi connectivity index (χ4v) is 4.45. The van der Waals surface area contributed by atoms with Crippen LogP contribution >= 0.6 is 11.6 Å². The number of carbonyl (C=O) groups excluding carboxylic acids is 1. The van der Waals surface area contributed by atoms with Gasteiger partial charge in [0.1, 0.15) is 6.17 Å². The molecule has 21 heavy (non-hydrogen) atoms. The first-order chi connectivity index (χ1) is 9.97. The van der Waals surface area contributed by atoms with Crippen molar-refractivity contribution in [3.8, 4) is 0 Å². The maximum atomic E-state index is 14.3. The summed E-state index contributed by atoms with van der Waals surface area (Å²) in [4.78, 5) is 18.4. The van der Waals surface area contributed by atoms with Crippen molar-refractivity contribution in [2.24, 2.45) is 28.7 Å². The average molecular weight is 315 g/mol. The zero-order chi connectivity index (χ0) is 15.1. The number of hydrogen-bond donors (Lipinski definition) is 0. The summed E-state index contributed by atoms with van der Waals surface area (Å²) in [5, 5.41) is -0.520. The van der Waals surface area contributed by atoms with Gasteiger partial charge in [0.15, 0.2) is 0 Å². The Morgan fingerprint density at radius 3 is 2.57 bits per heavy atom. The standard InChI is InChI=1S/C16H24ClFN2O/c1-9-5-12(16(17)21)13(18)6-10(2)15(9)20-7-14(19-8-20)11-3-4-11/h8-15H,3-7H2,1-2H3. The first kappa shape index (κ1) is 15.3. The van der Waals surface area contributed by atoms with Crippen molar-refractivity contribution >= 4 is 23.2 Å². The first-order valence-electron chi connectivity index (χ1n) is 8.09. The Labute approximate surface area is 130 Å². The third kappa shape index (κ3) is 3.10. The molecule has 0 saturated heterocycles. The van der Waals surface area contributed by atoms with Gasteiger partial charge >= 0.3 is 0 Å². The van der Waals surface area contributed by atoms with Crippen molar-refractivity contribution < 1.29 is 9.18 Å². The van der Waals surface area contributed by atoms with Crippen molar-refractivity contribution in [3.63, 3.8) is 0 Å². The molecule has 0 radical (unpaired) electrons. The highest BCUT2D eigenvalue weighted by molar-refractivity contribution is 6.64. The fraction of sp³-hybridized carbons (Fsp3) is 0.875. The highest BCUT2D eigenvalue weighted by atomic mass is 35.5. The number of hydrogen-bond acceptors (Lipinski definition) is 3. The zero-order valence-corrected chi connectivity index (χ0v) is 13.5. The Morgan fingerprint density at radius 1 is 1.29 bits per heavy atom. The van der Waals surface area contributed by atoms with E-state index in [4.69, 9.17) is 11.6 Å². The van der Waals surface area contributed by atoms with Crippen molar-refractivity contribution in [2.75, 3.05) is 6.54 Å². The monoisotopic (exact) mass is 314 g/mol. The van der Waals surface area contributed by atoms with Crippen LogP contribution in [0.4, 0.5) is 4.39 Å². The first-order valence-corrected chi connectivity index (χ1v) is 8.47. The Balaban J connectivity index is 1.72. The molecule has 6 unspecified atom stereocenters. The number of nitrogens with zero attached hydrogens (tertiary/aromatic N) is 2. The summed E-state index contributed by atoms with van der Waals surface area (Å²) >= 11 is 5.60. The van der Waals surface area contributed by atoms with Crippen LogP contribution in [0.5, 0.6) is 0 Å². The zero-order valence-electron chi connectivity index (χ0n) is 12.7. The molecule has 0 spiro atoms. The van der Waals surface area contributed by atoms with E-state index in [2.05, 4.69) is 23.7 Å². The largest absolute Gasteiger partial charge is 0.357 e. The smallest absolute Gasteiger partial charge is 0.227 e. The van der Waals surface area contributed by atoms with Crippen molar-refractivity contribution in [1.29, 1.82) is 0 Å². The predicted octanol–water partition coefficient (Wildman–Crippen LogP) is 3.26. The van der Waals surface area contributed by atoms with E-state index in [1.807, 2.05) is 6.34 Å². The van der Waals surface area contributed by atoms with Crippen LogP contribution in [0.3, 0.4) is 0 Å². The van der Waals surface area contributed by atoms with Gasteiger partial charge in [-0.05, 0) is 55.0 Å². The van der Waals surface area contributed by atoms with Gasteiger partial charge in [0.25, 0.3) is 0 Å². The third-order valence-corrected chi connectivity index (χ3v) is 5.75. The van der Waals surface area contributed by atoms with Gasteiger partial charge in [-0.15, -0.1) is 0 Å². The molecule has 3 nitrogen and oxygen atoms in total. The van der Waals surface area contributed by atoms with Crippen LogP contribution in [0.15, 0.2) is 4.99 Å². The van der Waals surface area contributed by atoms with Crippen LogP contribution in [0.1, 0.15) is 39.5 Å².